The molecule has 0 nitrogen and oxygen atoms in total. The highest BCUT2D eigenvalue weighted by Gasteiger charge is 2.14. The van der Waals surface area contributed by atoms with Crippen molar-refractivity contribution in [3.05, 3.63) is 0 Å². The minimum Gasteiger partial charge on any atom is -0.0654 e. The van der Waals surface area contributed by atoms with E-state index in [1.807, 2.05) is 0 Å². The van der Waals surface area contributed by atoms with Crippen LogP contribution < -0.4 is 0 Å². The second-order valence-electron chi connectivity index (χ2n) is 4.65. The van der Waals surface area contributed by atoms with Crippen molar-refractivity contribution in [1.82, 2.24) is 0 Å². The molecule has 0 heterocycles. The van der Waals surface area contributed by atoms with E-state index in [-0.39, 0.29) is 0 Å². The first kappa shape index (κ1) is 14.0. The number of hydrogen-bond donors (Lipinski definition) is 0. The van der Waals surface area contributed by atoms with Crippen LogP contribution in [0.25, 0.3) is 0 Å². The zero-order valence-electron chi connectivity index (χ0n) is 10.6. The Labute approximate surface area is 91.5 Å². The van der Waals surface area contributed by atoms with Crippen molar-refractivity contribution in [2.75, 3.05) is 0 Å². The molecule has 1 fully saturated rings. The molecule has 1 rings (SSSR count). The second-order valence-corrected chi connectivity index (χ2v) is 4.65. The molecule has 0 saturated heterocycles. The maximum Gasteiger partial charge on any atom is -0.0414 e. The van der Waals surface area contributed by atoms with E-state index in [4.69, 9.17) is 0 Å². The third-order valence-electron chi connectivity index (χ3n) is 3.13. The van der Waals surface area contributed by atoms with Crippen LogP contribution in [0.4, 0.5) is 0 Å². The molecule has 0 spiro atoms. The molecule has 0 radical (unpaired) electrons. The Morgan fingerprint density at radius 2 is 1.36 bits per heavy atom. The quantitative estimate of drug-likeness (QED) is 0.490. The standard InChI is InChI=1S/C7H14.C7H16/c1-2-4-7-5-3-6-7;1-3-5-7-6-4-2/h7H,2-6H2,1H3;3-7H2,1-2H3. The Bertz CT molecular complexity index is 88.2. The summed E-state index contributed by atoms with van der Waals surface area (Å²) in [6.45, 7) is 6.77. The van der Waals surface area contributed by atoms with Crippen LogP contribution >= 0.6 is 0 Å². The molecule has 0 N–H and O–H groups in total. The molecular formula is C14H30. The van der Waals surface area contributed by atoms with E-state index in [1.54, 1.807) is 0 Å². The molecule has 0 aliphatic heterocycles. The van der Waals surface area contributed by atoms with Crippen molar-refractivity contribution in [2.24, 2.45) is 5.92 Å². The molecule has 0 amide bonds. The van der Waals surface area contributed by atoms with Gasteiger partial charge in [0.15, 0.2) is 0 Å². The largest absolute Gasteiger partial charge is 0.0654 e. The number of unbranched alkanes of at least 4 members (excludes halogenated alkanes) is 4. The zero-order valence-corrected chi connectivity index (χ0v) is 10.6. The van der Waals surface area contributed by atoms with Gasteiger partial charge in [-0.05, 0) is 5.92 Å². The monoisotopic (exact) mass is 198 g/mol. The van der Waals surface area contributed by atoms with Crippen LogP contribution in [0, 0.1) is 5.92 Å². The van der Waals surface area contributed by atoms with Crippen molar-refractivity contribution < 1.29 is 0 Å². The Morgan fingerprint density at radius 3 is 1.57 bits per heavy atom. The summed E-state index contributed by atoms with van der Waals surface area (Å²) >= 11 is 0. The van der Waals surface area contributed by atoms with E-state index >= 15 is 0 Å². The van der Waals surface area contributed by atoms with Gasteiger partial charge in [-0.1, -0.05) is 85.0 Å². The van der Waals surface area contributed by atoms with Crippen LogP contribution in [0.3, 0.4) is 0 Å². The molecule has 0 unspecified atom stereocenters. The van der Waals surface area contributed by atoms with Crippen LogP contribution in [0.5, 0.6) is 0 Å². The zero-order chi connectivity index (χ0) is 10.6. The summed E-state index contributed by atoms with van der Waals surface area (Å²) in [6.07, 6.45) is 14.4. The Balaban J connectivity index is 0.000000241. The van der Waals surface area contributed by atoms with E-state index in [1.165, 1.54) is 64.2 Å². The molecule has 0 aromatic carbocycles. The molecule has 0 aromatic rings. The van der Waals surface area contributed by atoms with Gasteiger partial charge in [0.2, 0.25) is 0 Å². The van der Waals surface area contributed by atoms with E-state index in [0.29, 0.717) is 0 Å². The van der Waals surface area contributed by atoms with E-state index in [9.17, 15) is 0 Å². The van der Waals surface area contributed by atoms with Crippen molar-refractivity contribution in [3.63, 3.8) is 0 Å². The van der Waals surface area contributed by atoms with E-state index < -0.39 is 0 Å². The lowest BCUT2D eigenvalue weighted by Crippen LogP contribution is -2.09. The first-order chi connectivity index (χ1) is 6.85. The molecule has 0 aromatic heterocycles. The summed E-state index contributed by atoms with van der Waals surface area (Å²) in [5.74, 6) is 1.13. The van der Waals surface area contributed by atoms with Crippen LogP contribution in [-0.4, -0.2) is 0 Å². The van der Waals surface area contributed by atoms with Gasteiger partial charge in [-0.15, -0.1) is 0 Å². The second kappa shape index (κ2) is 11.1. The van der Waals surface area contributed by atoms with Gasteiger partial charge in [-0.3, -0.25) is 0 Å². The lowest BCUT2D eigenvalue weighted by Gasteiger charge is -2.24. The highest BCUT2D eigenvalue weighted by atomic mass is 14.2. The smallest absolute Gasteiger partial charge is 0.0414 e. The maximum absolute atomic E-state index is 2.28. The molecule has 1 aliphatic rings. The van der Waals surface area contributed by atoms with Gasteiger partial charge < -0.3 is 0 Å². The van der Waals surface area contributed by atoms with Gasteiger partial charge in [-0.25, -0.2) is 0 Å². The fraction of sp³-hybridized carbons (Fsp3) is 1.00. The van der Waals surface area contributed by atoms with Crippen LogP contribution in [-0.2, 0) is 0 Å². The topological polar surface area (TPSA) is 0 Å². The summed E-state index contributed by atoms with van der Waals surface area (Å²) in [7, 11) is 0. The third kappa shape index (κ3) is 8.59. The third-order valence-corrected chi connectivity index (χ3v) is 3.13. The predicted octanol–water partition coefficient (Wildman–Crippen LogP) is 5.56. The van der Waals surface area contributed by atoms with E-state index in [2.05, 4.69) is 20.8 Å². The van der Waals surface area contributed by atoms with Gasteiger partial charge in [0.05, 0.1) is 0 Å². The van der Waals surface area contributed by atoms with Crippen LogP contribution in [0.2, 0.25) is 0 Å². The summed E-state index contributed by atoms with van der Waals surface area (Å²) < 4.78 is 0. The maximum atomic E-state index is 2.28. The average Bonchev–Trinajstić information content (AvgIpc) is 2.14. The molecule has 0 bridgehead atoms. The first-order valence-corrected chi connectivity index (χ1v) is 6.85. The van der Waals surface area contributed by atoms with Gasteiger partial charge >= 0.3 is 0 Å². The molecule has 0 atom stereocenters. The van der Waals surface area contributed by atoms with Crippen molar-refractivity contribution in [1.29, 1.82) is 0 Å². The lowest BCUT2D eigenvalue weighted by molar-refractivity contribution is 0.294. The highest BCUT2D eigenvalue weighted by molar-refractivity contribution is 4.67. The fourth-order valence-corrected chi connectivity index (χ4v) is 1.87. The summed E-state index contributed by atoms with van der Waals surface area (Å²) in [4.78, 5) is 0. The van der Waals surface area contributed by atoms with Gasteiger partial charge in [0.25, 0.3) is 0 Å². The molecule has 86 valence electrons. The first-order valence-electron chi connectivity index (χ1n) is 6.85. The van der Waals surface area contributed by atoms with Crippen LogP contribution in [0.1, 0.15) is 85.0 Å². The molecule has 0 heteroatoms. The Morgan fingerprint density at radius 1 is 0.786 bits per heavy atom. The van der Waals surface area contributed by atoms with Crippen LogP contribution in [0.15, 0.2) is 0 Å². The Hall–Kier alpha value is 0. The minimum atomic E-state index is 1.13. The van der Waals surface area contributed by atoms with Crippen molar-refractivity contribution in [2.45, 2.75) is 85.0 Å². The lowest BCUT2D eigenvalue weighted by atomic mass is 9.82. The normalized spacial score (nSPS) is 15.6. The fourth-order valence-electron chi connectivity index (χ4n) is 1.87. The van der Waals surface area contributed by atoms with Crippen molar-refractivity contribution >= 4 is 0 Å². The summed E-state index contributed by atoms with van der Waals surface area (Å²) in [5.41, 5.74) is 0. The molecule has 14 heavy (non-hydrogen) atoms. The number of rotatable bonds is 6. The predicted molar refractivity (Wildman–Crippen MR) is 66.7 cm³/mol. The van der Waals surface area contributed by atoms with E-state index in [0.717, 1.165) is 5.92 Å². The Kier molecular flexibility index (Phi) is 11.1. The SMILES string of the molecule is CCCC1CCC1.CCCCCCC. The molecule has 1 saturated carbocycles. The van der Waals surface area contributed by atoms with Gasteiger partial charge in [0, 0.05) is 0 Å². The highest BCUT2D eigenvalue weighted by Crippen LogP contribution is 2.29. The molecule has 1 aliphatic carbocycles. The number of hydrogen-bond acceptors (Lipinski definition) is 0. The van der Waals surface area contributed by atoms with Gasteiger partial charge in [0.1, 0.15) is 0 Å². The van der Waals surface area contributed by atoms with Crippen molar-refractivity contribution in [3.8, 4) is 0 Å². The average molecular weight is 198 g/mol. The van der Waals surface area contributed by atoms with Gasteiger partial charge in [-0.2, -0.15) is 0 Å². The summed E-state index contributed by atoms with van der Waals surface area (Å²) in [5, 5.41) is 0. The minimum absolute atomic E-state index is 1.13. The summed E-state index contributed by atoms with van der Waals surface area (Å²) in [6, 6.07) is 0. The molecular weight excluding hydrogens is 168 g/mol.